The third kappa shape index (κ3) is 6.14. The second-order valence-corrected chi connectivity index (χ2v) is 6.26. The van der Waals surface area contributed by atoms with Gasteiger partial charge in [0.2, 0.25) is 11.8 Å². The molecule has 0 aromatic carbocycles. The van der Waals surface area contributed by atoms with E-state index in [1.165, 1.54) is 13.8 Å². The van der Waals surface area contributed by atoms with Gasteiger partial charge in [-0.2, -0.15) is 0 Å². The van der Waals surface area contributed by atoms with Crippen LogP contribution in [0, 0.1) is 5.92 Å². The van der Waals surface area contributed by atoms with Gasteiger partial charge < -0.3 is 15.4 Å². The molecular weight excluding hydrogens is 272 g/mol. The molecule has 0 aromatic rings. The van der Waals surface area contributed by atoms with Gasteiger partial charge in [-0.1, -0.05) is 6.42 Å². The Labute approximate surface area is 126 Å². The zero-order valence-corrected chi connectivity index (χ0v) is 13.3. The summed E-state index contributed by atoms with van der Waals surface area (Å²) in [5.74, 6) is -0.753. The first-order valence-corrected chi connectivity index (χ1v) is 7.45. The minimum Gasteiger partial charge on any atom is -0.459 e. The van der Waals surface area contributed by atoms with Crippen molar-refractivity contribution in [3.05, 3.63) is 0 Å². The van der Waals surface area contributed by atoms with E-state index in [9.17, 15) is 14.4 Å². The maximum absolute atomic E-state index is 12.3. The summed E-state index contributed by atoms with van der Waals surface area (Å²) >= 11 is 0. The zero-order chi connectivity index (χ0) is 16.0. The molecule has 0 bridgehead atoms. The van der Waals surface area contributed by atoms with Crippen molar-refractivity contribution >= 4 is 17.8 Å². The summed E-state index contributed by atoms with van der Waals surface area (Å²) in [5, 5.41) is 5.51. The molecule has 2 unspecified atom stereocenters. The summed E-state index contributed by atoms with van der Waals surface area (Å²) in [6.45, 7) is 7.03. The molecule has 0 radical (unpaired) electrons. The molecule has 2 amide bonds. The summed E-state index contributed by atoms with van der Waals surface area (Å²) in [7, 11) is 0. The molecule has 1 saturated carbocycles. The number of carbonyl (C=O) groups is 3. The van der Waals surface area contributed by atoms with Crippen LogP contribution in [0.25, 0.3) is 0 Å². The molecule has 120 valence electrons. The van der Waals surface area contributed by atoms with E-state index >= 15 is 0 Å². The smallest absolute Gasteiger partial charge is 0.311 e. The second kappa shape index (κ2) is 7.43. The van der Waals surface area contributed by atoms with E-state index < -0.39 is 5.60 Å². The Balaban J connectivity index is 2.50. The van der Waals surface area contributed by atoms with Crippen LogP contribution in [0.1, 0.15) is 53.4 Å². The van der Waals surface area contributed by atoms with E-state index in [1.54, 1.807) is 0 Å². The van der Waals surface area contributed by atoms with Crippen LogP contribution in [-0.4, -0.2) is 36.0 Å². The summed E-state index contributed by atoms with van der Waals surface area (Å²) in [6, 6.07) is -0.124. The molecule has 6 heteroatoms. The molecule has 1 rings (SSSR count). The molecule has 21 heavy (non-hydrogen) atoms. The largest absolute Gasteiger partial charge is 0.459 e. The average molecular weight is 298 g/mol. The summed E-state index contributed by atoms with van der Waals surface area (Å²) in [5.41, 5.74) is -0.636. The number of nitrogens with one attached hydrogen (secondary N) is 2. The lowest BCUT2D eigenvalue weighted by molar-refractivity contribution is -0.162. The van der Waals surface area contributed by atoms with E-state index in [0.717, 1.165) is 19.3 Å². The first kappa shape index (κ1) is 17.5. The Bertz CT molecular complexity index is 406. The quantitative estimate of drug-likeness (QED) is 0.720. The molecule has 0 spiro atoms. The Morgan fingerprint density at radius 2 is 1.81 bits per heavy atom. The first-order chi connectivity index (χ1) is 9.71. The minimum atomic E-state index is -0.636. The molecule has 1 fully saturated rings. The van der Waals surface area contributed by atoms with Crippen molar-refractivity contribution in [3.63, 3.8) is 0 Å². The third-order valence-electron chi connectivity index (χ3n) is 3.69. The maximum atomic E-state index is 12.3. The number of ether oxygens (including phenoxy) is 1. The maximum Gasteiger partial charge on any atom is 0.311 e. The SMILES string of the molecule is CC(=O)NCCC(C)(C)OC(=O)C1CCCC1NC(C)=O. The molecule has 6 nitrogen and oxygen atoms in total. The van der Waals surface area contributed by atoms with Gasteiger partial charge in [0.1, 0.15) is 5.60 Å². The fourth-order valence-corrected chi connectivity index (χ4v) is 2.61. The van der Waals surface area contributed by atoms with Crippen molar-refractivity contribution in [1.82, 2.24) is 10.6 Å². The van der Waals surface area contributed by atoms with Crippen molar-refractivity contribution in [2.75, 3.05) is 6.54 Å². The molecule has 2 atom stereocenters. The highest BCUT2D eigenvalue weighted by Gasteiger charge is 2.37. The van der Waals surface area contributed by atoms with Crippen molar-refractivity contribution in [2.24, 2.45) is 5.92 Å². The lowest BCUT2D eigenvalue weighted by atomic mass is 10.0. The summed E-state index contributed by atoms with van der Waals surface area (Å²) in [6.07, 6.45) is 3.02. The van der Waals surface area contributed by atoms with Gasteiger partial charge >= 0.3 is 5.97 Å². The number of amides is 2. The van der Waals surface area contributed by atoms with Gasteiger partial charge in [-0.05, 0) is 26.7 Å². The van der Waals surface area contributed by atoms with Crippen LogP contribution >= 0.6 is 0 Å². The van der Waals surface area contributed by atoms with Crippen molar-refractivity contribution < 1.29 is 19.1 Å². The predicted molar refractivity (Wildman–Crippen MR) is 78.4 cm³/mol. The van der Waals surface area contributed by atoms with Gasteiger partial charge in [0.15, 0.2) is 0 Å². The van der Waals surface area contributed by atoms with Crippen molar-refractivity contribution in [2.45, 2.75) is 65.0 Å². The lowest BCUT2D eigenvalue weighted by Gasteiger charge is -2.28. The van der Waals surface area contributed by atoms with Gasteiger partial charge in [-0.25, -0.2) is 0 Å². The molecule has 0 saturated heterocycles. The van der Waals surface area contributed by atoms with Gasteiger partial charge in [0.25, 0.3) is 0 Å². The number of rotatable bonds is 6. The van der Waals surface area contributed by atoms with Crippen LogP contribution in [0.15, 0.2) is 0 Å². The number of hydrogen-bond donors (Lipinski definition) is 2. The highest BCUT2D eigenvalue weighted by Crippen LogP contribution is 2.29. The second-order valence-electron chi connectivity index (χ2n) is 6.26. The standard InChI is InChI=1S/C15H26N2O4/c1-10(18)16-9-8-15(3,4)21-14(20)12-6-5-7-13(12)17-11(2)19/h12-13H,5-9H2,1-4H3,(H,16,18)(H,17,19). The highest BCUT2D eigenvalue weighted by molar-refractivity contribution is 5.77. The van der Waals surface area contributed by atoms with Gasteiger partial charge in [-0.3, -0.25) is 14.4 Å². The molecule has 0 heterocycles. The molecule has 2 N–H and O–H groups in total. The Morgan fingerprint density at radius 1 is 1.14 bits per heavy atom. The van der Waals surface area contributed by atoms with Gasteiger partial charge in [-0.15, -0.1) is 0 Å². The van der Waals surface area contributed by atoms with Crippen LogP contribution in [-0.2, 0) is 19.1 Å². The van der Waals surface area contributed by atoms with Gasteiger partial charge in [0.05, 0.1) is 5.92 Å². The van der Waals surface area contributed by atoms with E-state index in [2.05, 4.69) is 10.6 Å². The van der Waals surface area contributed by atoms with Crippen LogP contribution in [0.4, 0.5) is 0 Å². The van der Waals surface area contributed by atoms with Crippen LogP contribution < -0.4 is 10.6 Å². The molecule has 1 aliphatic carbocycles. The Kier molecular flexibility index (Phi) is 6.18. The first-order valence-electron chi connectivity index (χ1n) is 7.45. The van der Waals surface area contributed by atoms with E-state index in [-0.39, 0.29) is 29.7 Å². The van der Waals surface area contributed by atoms with E-state index in [1.807, 2.05) is 13.8 Å². The number of carbonyl (C=O) groups excluding carboxylic acids is 3. The topological polar surface area (TPSA) is 84.5 Å². The lowest BCUT2D eigenvalue weighted by Crippen LogP contribution is -2.42. The summed E-state index contributed by atoms with van der Waals surface area (Å²) in [4.78, 5) is 34.3. The zero-order valence-electron chi connectivity index (χ0n) is 13.3. The molecule has 0 aromatic heterocycles. The average Bonchev–Trinajstić information content (AvgIpc) is 2.74. The normalized spacial score (nSPS) is 21.7. The van der Waals surface area contributed by atoms with E-state index in [4.69, 9.17) is 4.74 Å². The van der Waals surface area contributed by atoms with Crippen molar-refractivity contribution in [3.8, 4) is 0 Å². The third-order valence-corrected chi connectivity index (χ3v) is 3.69. The molecule has 1 aliphatic rings. The van der Waals surface area contributed by atoms with Crippen molar-refractivity contribution in [1.29, 1.82) is 0 Å². The van der Waals surface area contributed by atoms with Gasteiger partial charge in [0, 0.05) is 32.9 Å². The summed E-state index contributed by atoms with van der Waals surface area (Å²) < 4.78 is 5.57. The number of esters is 1. The number of hydrogen-bond acceptors (Lipinski definition) is 4. The predicted octanol–water partition coefficient (Wildman–Crippen LogP) is 1.14. The highest BCUT2D eigenvalue weighted by atomic mass is 16.6. The Hall–Kier alpha value is -1.59. The fraction of sp³-hybridized carbons (Fsp3) is 0.800. The van der Waals surface area contributed by atoms with Crippen LogP contribution in [0.2, 0.25) is 0 Å². The van der Waals surface area contributed by atoms with Crippen LogP contribution in [0.5, 0.6) is 0 Å². The molecular formula is C15H26N2O4. The van der Waals surface area contributed by atoms with Crippen LogP contribution in [0.3, 0.4) is 0 Å². The molecule has 0 aliphatic heterocycles. The Morgan fingerprint density at radius 3 is 2.38 bits per heavy atom. The fourth-order valence-electron chi connectivity index (χ4n) is 2.61. The minimum absolute atomic E-state index is 0.0985. The monoisotopic (exact) mass is 298 g/mol. The van der Waals surface area contributed by atoms with E-state index in [0.29, 0.717) is 13.0 Å².